The van der Waals surface area contributed by atoms with E-state index in [0.29, 0.717) is 11.4 Å². The van der Waals surface area contributed by atoms with Crippen molar-refractivity contribution in [2.24, 2.45) is 0 Å². The topological polar surface area (TPSA) is 111 Å². The number of carbonyl (C=O) groups is 4. The van der Waals surface area contributed by atoms with Crippen LogP contribution in [-0.4, -0.2) is 41.5 Å². The van der Waals surface area contributed by atoms with Crippen LogP contribution in [0.25, 0.3) is 0 Å². The van der Waals surface area contributed by atoms with Crippen molar-refractivity contribution in [1.29, 1.82) is 0 Å². The predicted octanol–water partition coefficient (Wildman–Crippen LogP) is 1.94. The lowest BCUT2D eigenvalue weighted by Gasteiger charge is -2.15. The van der Waals surface area contributed by atoms with Gasteiger partial charge in [-0.3, -0.25) is 9.59 Å². The van der Waals surface area contributed by atoms with Crippen molar-refractivity contribution < 1.29 is 28.7 Å². The van der Waals surface area contributed by atoms with Gasteiger partial charge in [0.1, 0.15) is 11.8 Å². The number of hydrogen-bond acceptors (Lipinski definition) is 7. The number of amides is 2. The number of thioether (sulfide) groups is 1. The molecule has 25 heavy (non-hydrogen) atoms. The molecular weight excluding hydrogens is 348 g/mol. The van der Waals surface area contributed by atoms with Crippen LogP contribution in [0.5, 0.6) is 5.75 Å². The maximum Gasteiger partial charge on any atom is 0.372 e. The van der Waals surface area contributed by atoms with Gasteiger partial charge in [0.25, 0.3) is 0 Å². The molecule has 1 aromatic carbocycles. The van der Waals surface area contributed by atoms with Gasteiger partial charge in [-0.25, -0.2) is 9.59 Å². The summed E-state index contributed by atoms with van der Waals surface area (Å²) < 4.78 is 9.96. The largest absolute Gasteiger partial charge is 0.464 e. The summed E-state index contributed by atoms with van der Waals surface area (Å²) in [5, 5.41) is 4.39. The van der Waals surface area contributed by atoms with E-state index in [-0.39, 0.29) is 18.3 Å². The summed E-state index contributed by atoms with van der Waals surface area (Å²) in [5.74, 6) is -0.943. The second kappa shape index (κ2) is 10.3. The average molecular weight is 368 g/mol. The minimum Gasteiger partial charge on any atom is -0.464 e. The highest BCUT2D eigenvalue weighted by molar-refractivity contribution is 8.13. The van der Waals surface area contributed by atoms with Crippen LogP contribution in [0.3, 0.4) is 0 Å². The summed E-state index contributed by atoms with van der Waals surface area (Å²) >= 11 is 0.744. The third-order valence-electron chi connectivity index (χ3n) is 2.69. The Kier molecular flexibility index (Phi) is 8.48. The fourth-order valence-electron chi connectivity index (χ4n) is 1.74. The van der Waals surface area contributed by atoms with Gasteiger partial charge in [0, 0.05) is 25.3 Å². The molecule has 2 amide bonds. The monoisotopic (exact) mass is 368 g/mol. The predicted molar refractivity (Wildman–Crippen MR) is 93.5 cm³/mol. The van der Waals surface area contributed by atoms with E-state index in [1.807, 2.05) is 0 Å². The molecule has 136 valence electrons. The first-order valence-corrected chi connectivity index (χ1v) is 8.46. The van der Waals surface area contributed by atoms with Gasteiger partial charge in [-0.2, -0.15) is 0 Å². The Morgan fingerprint density at radius 3 is 2.24 bits per heavy atom. The normalized spacial score (nSPS) is 11.2. The Labute approximate surface area is 149 Å². The number of anilines is 1. The molecule has 2 N–H and O–H groups in total. The Bertz CT molecular complexity index is 632. The Morgan fingerprint density at radius 1 is 1.08 bits per heavy atom. The number of hydrogen-bond donors (Lipinski definition) is 2. The molecule has 0 saturated heterocycles. The Morgan fingerprint density at radius 2 is 1.72 bits per heavy atom. The molecule has 0 aliphatic heterocycles. The van der Waals surface area contributed by atoms with Crippen molar-refractivity contribution in [3.63, 3.8) is 0 Å². The van der Waals surface area contributed by atoms with Gasteiger partial charge in [-0.05, 0) is 43.0 Å². The van der Waals surface area contributed by atoms with E-state index in [0.717, 1.165) is 11.8 Å². The Balaban J connectivity index is 2.55. The van der Waals surface area contributed by atoms with Crippen LogP contribution in [0.1, 0.15) is 20.8 Å². The minimum atomic E-state index is -0.933. The summed E-state index contributed by atoms with van der Waals surface area (Å²) in [4.78, 5) is 45.7. The van der Waals surface area contributed by atoms with Gasteiger partial charge in [0.05, 0.1) is 6.61 Å². The molecule has 0 fully saturated rings. The van der Waals surface area contributed by atoms with Gasteiger partial charge >= 0.3 is 11.3 Å². The molecule has 0 aromatic heterocycles. The van der Waals surface area contributed by atoms with Crippen LogP contribution < -0.4 is 15.4 Å². The fourth-order valence-corrected chi connectivity index (χ4v) is 2.42. The third kappa shape index (κ3) is 8.20. The highest BCUT2D eigenvalue weighted by Crippen LogP contribution is 2.18. The number of carbonyl (C=O) groups excluding carboxylic acids is 4. The molecule has 9 heteroatoms. The summed E-state index contributed by atoms with van der Waals surface area (Å²) in [7, 11) is 0. The molecule has 0 aliphatic carbocycles. The summed E-state index contributed by atoms with van der Waals surface area (Å²) in [6.07, 6.45) is 0. The Hall–Kier alpha value is -2.55. The van der Waals surface area contributed by atoms with Crippen molar-refractivity contribution in [1.82, 2.24) is 5.32 Å². The van der Waals surface area contributed by atoms with Crippen LogP contribution in [0.4, 0.5) is 10.5 Å². The van der Waals surface area contributed by atoms with E-state index >= 15 is 0 Å². The number of benzene rings is 1. The van der Waals surface area contributed by atoms with Crippen LogP contribution >= 0.6 is 11.8 Å². The summed E-state index contributed by atoms with van der Waals surface area (Å²) in [5.41, 5.74) is 0.577. The van der Waals surface area contributed by atoms with Gasteiger partial charge < -0.3 is 20.1 Å². The van der Waals surface area contributed by atoms with Gasteiger partial charge in [0.2, 0.25) is 11.8 Å². The molecule has 0 spiro atoms. The zero-order valence-corrected chi connectivity index (χ0v) is 15.0. The lowest BCUT2D eigenvalue weighted by atomic mass is 10.3. The number of ether oxygens (including phenoxy) is 2. The molecule has 0 radical (unpaired) electrons. The second-order valence-electron chi connectivity index (χ2n) is 4.87. The van der Waals surface area contributed by atoms with Crippen LogP contribution in [-0.2, 0) is 19.1 Å². The highest BCUT2D eigenvalue weighted by Gasteiger charge is 2.22. The zero-order valence-electron chi connectivity index (χ0n) is 14.2. The van der Waals surface area contributed by atoms with E-state index in [1.165, 1.54) is 26.0 Å². The molecule has 0 saturated carbocycles. The minimum absolute atomic E-state index is 0.0127. The van der Waals surface area contributed by atoms with E-state index in [1.54, 1.807) is 19.1 Å². The maximum atomic E-state index is 11.9. The summed E-state index contributed by atoms with van der Waals surface area (Å²) in [6.45, 7) is 4.48. The van der Waals surface area contributed by atoms with Crippen molar-refractivity contribution >= 4 is 40.5 Å². The first-order chi connectivity index (χ1) is 11.8. The van der Waals surface area contributed by atoms with Crippen LogP contribution in [0, 0.1) is 0 Å². The standard InChI is InChI=1S/C16H20N2O6S/c1-4-23-15(21)14(18-11(3)20)9-25-16(22)24-13-7-5-12(6-8-13)17-10(2)19/h5-8,14H,4,9H2,1-3H3,(H,17,19)(H,18,20)/t14-/m1/s1. The van der Waals surface area contributed by atoms with E-state index in [9.17, 15) is 19.2 Å². The van der Waals surface area contributed by atoms with E-state index in [4.69, 9.17) is 9.47 Å². The van der Waals surface area contributed by atoms with Crippen molar-refractivity contribution in [3.05, 3.63) is 24.3 Å². The zero-order chi connectivity index (χ0) is 18.8. The number of esters is 1. The number of rotatable bonds is 7. The maximum absolute atomic E-state index is 11.9. The lowest BCUT2D eigenvalue weighted by Crippen LogP contribution is -2.43. The van der Waals surface area contributed by atoms with Gasteiger partial charge in [-0.1, -0.05) is 0 Å². The molecular formula is C16H20N2O6S. The molecule has 1 atom stereocenters. The first-order valence-electron chi connectivity index (χ1n) is 7.47. The van der Waals surface area contributed by atoms with Crippen molar-refractivity contribution in [3.8, 4) is 5.75 Å². The van der Waals surface area contributed by atoms with Gasteiger partial charge in [0.15, 0.2) is 0 Å². The lowest BCUT2D eigenvalue weighted by molar-refractivity contribution is -0.146. The van der Waals surface area contributed by atoms with Crippen molar-refractivity contribution in [2.75, 3.05) is 17.7 Å². The molecule has 1 rings (SSSR count). The number of nitrogens with one attached hydrogen (secondary N) is 2. The molecule has 8 nitrogen and oxygen atoms in total. The van der Waals surface area contributed by atoms with Gasteiger partial charge in [-0.15, -0.1) is 0 Å². The van der Waals surface area contributed by atoms with Crippen LogP contribution in [0.2, 0.25) is 0 Å². The third-order valence-corrected chi connectivity index (χ3v) is 3.51. The van der Waals surface area contributed by atoms with Crippen LogP contribution in [0.15, 0.2) is 24.3 Å². The second-order valence-corrected chi connectivity index (χ2v) is 5.83. The average Bonchev–Trinajstić information content (AvgIpc) is 2.52. The quantitative estimate of drug-likeness (QED) is 0.708. The highest BCUT2D eigenvalue weighted by atomic mass is 32.2. The molecule has 0 unspecified atom stereocenters. The molecule has 0 bridgehead atoms. The SMILES string of the molecule is CCOC(=O)[C@@H](CSC(=O)Oc1ccc(NC(C)=O)cc1)NC(C)=O. The first kappa shape index (κ1) is 20.5. The fraction of sp³-hybridized carbons (Fsp3) is 0.375. The smallest absolute Gasteiger partial charge is 0.372 e. The van der Waals surface area contributed by atoms with E-state index < -0.39 is 23.2 Å². The molecule has 0 heterocycles. The summed E-state index contributed by atoms with van der Waals surface area (Å²) in [6, 6.07) is 5.30. The molecule has 1 aromatic rings. The van der Waals surface area contributed by atoms with E-state index in [2.05, 4.69) is 10.6 Å². The van der Waals surface area contributed by atoms with Crippen molar-refractivity contribution in [2.45, 2.75) is 26.8 Å². The molecule has 0 aliphatic rings.